The van der Waals surface area contributed by atoms with Gasteiger partial charge in [0.1, 0.15) is 12.1 Å². The number of fused-ring (bicyclic) bond motifs is 1. The summed E-state index contributed by atoms with van der Waals surface area (Å²) in [6.45, 7) is 4.16. The highest BCUT2D eigenvalue weighted by Gasteiger charge is 2.37. The van der Waals surface area contributed by atoms with E-state index in [1.54, 1.807) is 13.8 Å². The lowest BCUT2D eigenvalue weighted by Crippen LogP contribution is -2.15. The smallest absolute Gasteiger partial charge is 0.357 e. The van der Waals surface area contributed by atoms with Gasteiger partial charge in [0.25, 0.3) is 0 Å². The summed E-state index contributed by atoms with van der Waals surface area (Å²) < 4.78 is 30.9. The van der Waals surface area contributed by atoms with E-state index in [0.717, 1.165) is 22.2 Å². The van der Waals surface area contributed by atoms with E-state index in [4.69, 9.17) is 13.8 Å². The summed E-state index contributed by atoms with van der Waals surface area (Å²) in [5.74, 6) is 0.454. The SMILES string of the molecule is CCOP(=O)(OCC)C(Nc1ccc(Oc2ncnc3ccccc23)cc1)c1ccccc1. The fourth-order valence-corrected chi connectivity index (χ4v) is 5.41. The molecule has 7 nitrogen and oxygen atoms in total. The van der Waals surface area contributed by atoms with Crippen molar-refractivity contribution in [2.45, 2.75) is 19.6 Å². The minimum atomic E-state index is -3.47. The number of hydrogen-bond acceptors (Lipinski definition) is 7. The first-order valence-electron chi connectivity index (χ1n) is 10.8. The standard InChI is InChI=1S/C25H26N3O4P/c1-3-30-33(29,31-4-2)25(19-10-6-5-7-11-19)28-20-14-16-21(17-15-20)32-24-22-12-8-9-13-23(22)26-18-27-24/h5-18,25,28H,3-4H2,1-2H3. The maximum atomic E-state index is 13.6. The van der Waals surface area contributed by atoms with Crippen LogP contribution in [0.4, 0.5) is 5.69 Å². The Morgan fingerprint density at radius 2 is 1.52 bits per heavy atom. The highest BCUT2D eigenvalue weighted by Crippen LogP contribution is 2.60. The summed E-state index contributed by atoms with van der Waals surface area (Å²) in [4.78, 5) is 8.53. The number of nitrogens with one attached hydrogen (secondary N) is 1. The molecule has 0 aliphatic heterocycles. The average molecular weight is 463 g/mol. The van der Waals surface area contributed by atoms with E-state index >= 15 is 0 Å². The molecule has 0 saturated carbocycles. The van der Waals surface area contributed by atoms with Crippen molar-refractivity contribution in [3.05, 3.63) is 90.8 Å². The van der Waals surface area contributed by atoms with Crippen LogP contribution in [0, 0.1) is 0 Å². The predicted octanol–water partition coefficient (Wildman–Crippen LogP) is 6.80. The van der Waals surface area contributed by atoms with Crippen LogP contribution in [-0.4, -0.2) is 23.2 Å². The number of nitrogens with zero attached hydrogens (tertiary/aromatic N) is 2. The third-order valence-electron chi connectivity index (χ3n) is 4.93. The molecule has 0 bridgehead atoms. The largest absolute Gasteiger partial charge is 0.438 e. The van der Waals surface area contributed by atoms with Crippen molar-refractivity contribution < 1.29 is 18.3 Å². The number of anilines is 1. The molecule has 1 atom stereocenters. The Hall–Kier alpha value is -3.25. The molecule has 8 heteroatoms. The zero-order valence-corrected chi connectivity index (χ0v) is 19.4. The molecule has 0 aliphatic rings. The minimum Gasteiger partial charge on any atom is -0.438 e. The number of hydrogen-bond donors (Lipinski definition) is 1. The summed E-state index contributed by atoms with van der Waals surface area (Å²) >= 11 is 0. The first kappa shape index (κ1) is 22.9. The molecule has 1 N–H and O–H groups in total. The van der Waals surface area contributed by atoms with E-state index in [1.807, 2.05) is 78.9 Å². The van der Waals surface area contributed by atoms with Gasteiger partial charge in [0, 0.05) is 5.69 Å². The Balaban J connectivity index is 1.58. The monoisotopic (exact) mass is 463 g/mol. The molecule has 0 aliphatic carbocycles. The minimum absolute atomic E-state index is 0.280. The summed E-state index contributed by atoms with van der Waals surface area (Å²) in [6.07, 6.45) is 1.48. The first-order valence-corrected chi connectivity index (χ1v) is 12.4. The first-order chi connectivity index (χ1) is 16.1. The van der Waals surface area contributed by atoms with E-state index in [0.29, 0.717) is 11.6 Å². The molecule has 0 amide bonds. The molecular formula is C25H26N3O4P. The molecule has 4 rings (SSSR count). The molecule has 0 saturated heterocycles. The Morgan fingerprint density at radius 1 is 0.848 bits per heavy atom. The molecule has 4 aromatic rings. The molecule has 0 radical (unpaired) electrons. The Labute approximate surface area is 193 Å². The van der Waals surface area contributed by atoms with Crippen molar-refractivity contribution in [3.8, 4) is 11.6 Å². The fourth-order valence-electron chi connectivity index (χ4n) is 3.48. The van der Waals surface area contributed by atoms with Crippen molar-refractivity contribution in [3.63, 3.8) is 0 Å². The fraction of sp³-hybridized carbons (Fsp3) is 0.200. The van der Waals surface area contributed by atoms with E-state index in [9.17, 15) is 4.57 Å². The van der Waals surface area contributed by atoms with Crippen LogP contribution in [-0.2, 0) is 13.6 Å². The molecular weight excluding hydrogens is 437 g/mol. The molecule has 1 heterocycles. The van der Waals surface area contributed by atoms with Crippen LogP contribution in [0.25, 0.3) is 10.9 Å². The van der Waals surface area contributed by atoms with E-state index < -0.39 is 13.4 Å². The maximum Gasteiger partial charge on any atom is 0.357 e. The van der Waals surface area contributed by atoms with Crippen LogP contribution < -0.4 is 10.1 Å². The second-order valence-corrected chi connectivity index (χ2v) is 9.27. The highest BCUT2D eigenvalue weighted by molar-refractivity contribution is 7.54. The zero-order chi connectivity index (χ0) is 23.1. The van der Waals surface area contributed by atoms with Crippen molar-refractivity contribution >= 4 is 24.2 Å². The molecule has 0 fully saturated rings. The molecule has 1 unspecified atom stereocenters. The van der Waals surface area contributed by atoms with Crippen molar-refractivity contribution in [2.75, 3.05) is 18.5 Å². The van der Waals surface area contributed by atoms with Crippen molar-refractivity contribution in [1.29, 1.82) is 0 Å². The normalized spacial score (nSPS) is 12.4. The van der Waals surface area contributed by atoms with Gasteiger partial charge >= 0.3 is 7.60 Å². The van der Waals surface area contributed by atoms with Crippen molar-refractivity contribution in [2.24, 2.45) is 0 Å². The van der Waals surface area contributed by atoms with Crippen LogP contribution in [0.3, 0.4) is 0 Å². The van der Waals surface area contributed by atoms with Gasteiger partial charge in [0.2, 0.25) is 5.88 Å². The van der Waals surface area contributed by atoms with Crippen LogP contribution in [0.2, 0.25) is 0 Å². The van der Waals surface area contributed by atoms with Crippen LogP contribution >= 0.6 is 7.60 Å². The lowest BCUT2D eigenvalue weighted by molar-refractivity contribution is 0.214. The number of ether oxygens (including phenoxy) is 1. The lowest BCUT2D eigenvalue weighted by Gasteiger charge is -2.28. The van der Waals surface area contributed by atoms with Gasteiger partial charge in [0.15, 0.2) is 5.78 Å². The van der Waals surface area contributed by atoms with Gasteiger partial charge in [0.05, 0.1) is 24.1 Å². The molecule has 170 valence electrons. The number of para-hydroxylation sites is 1. The van der Waals surface area contributed by atoms with Gasteiger partial charge in [-0.3, -0.25) is 4.57 Å². The maximum absolute atomic E-state index is 13.6. The molecule has 1 aromatic heterocycles. The average Bonchev–Trinajstić information content (AvgIpc) is 2.84. The second kappa shape index (κ2) is 10.6. The van der Waals surface area contributed by atoms with Gasteiger partial charge in [-0.1, -0.05) is 42.5 Å². The number of benzene rings is 3. The van der Waals surface area contributed by atoms with E-state index in [-0.39, 0.29) is 13.2 Å². The van der Waals surface area contributed by atoms with Crippen LogP contribution in [0.15, 0.2) is 85.2 Å². The number of aromatic nitrogens is 2. The highest BCUT2D eigenvalue weighted by atomic mass is 31.2. The van der Waals surface area contributed by atoms with E-state index in [2.05, 4.69) is 15.3 Å². The Morgan fingerprint density at radius 3 is 2.21 bits per heavy atom. The van der Waals surface area contributed by atoms with Gasteiger partial charge < -0.3 is 19.1 Å². The topological polar surface area (TPSA) is 82.6 Å². The predicted molar refractivity (Wildman–Crippen MR) is 130 cm³/mol. The van der Waals surface area contributed by atoms with Gasteiger partial charge in [-0.05, 0) is 55.8 Å². The number of rotatable bonds is 10. The third-order valence-corrected chi connectivity index (χ3v) is 7.22. The molecule has 33 heavy (non-hydrogen) atoms. The summed E-state index contributed by atoms with van der Waals surface area (Å²) in [7, 11) is -3.47. The van der Waals surface area contributed by atoms with Crippen molar-refractivity contribution in [1.82, 2.24) is 9.97 Å². The summed E-state index contributed by atoms with van der Waals surface area (Å²) in [6, 6.07) is 24.6. The Kier molecular flexibility index (Phi) is 7.35. The Bertz CT molecular complexity index is 1220. The van der Waals surface area contributed by atoms with Crippen LogP contribution in [0.5, 0.6) is 11.6 Å². The lowest BCUT2D eigenvalue weighted by atomic mass is 10.2. The van der Waals surface area contributed by atoms with E-state index in [1.165, 1.54) is 6.33 Å². The van der Waals surface area contributed by atoms with Gasteiger partial charge in [-0.2, -0.15) is 0 Å². The summed E-state index contributed by atoms with van der Waals surface area (Å²) in [5, 5.41) is 4.17. The molecule has 0 spiro atoms. The summed E-state index contributed by atoms with van der Waals surface area (Å²) in [5.41, 5.74) is 2.38. The van der Waals surface area contributed by atoms with Gasteiger partial charge in [-0.25, -0.2) is 9.97 Å². The second-order valence-electron chi connectivity index (χ2n) is 7.16. The quantitative estimate of drug-likeness (QED) is 0.259. The molecule has 3 aromatic carbocycles. The van der Waals surface area contributed by atoms with Gasteiger partial charge in [-0.15, -0.1) is 0 Å². The zero-order valence-electron chi connectivity index (χ0n) is 18.5. The van der Waals surface area contributed by atoms with Crippen LogP contribution in [0.1, 0.15) is 25.2 Å². The third kappa shape index (κ3) is 5.40.